The molecule has 1 fully saturated rings. The van der Waals surface area contributed by atoms with Crippen molar-refractivity contribution >= 4 is 17.5 Å². The molecule has 1 N–H and O–H groups in total. The molecule has 0 saturated carbocycles. The molecule has 1 aromatic carbocycles. The normalized spacial score (nSPS) is 17.5. The molecule has 0 aromatic heterocycles. The highest BCUT2D eigenvalue weighted by Gasteiger charge is 2.40. The van der Waals surface area contributed by atoms with Crippen LogP contribution in [0.4, 0.5) is 0 Å². The van der Waals surface area contributed by atoms with Crippen molar-refractivity contribution < 1.29 is 4.79 Å². The Morgan fingerprint density at radius 3 is 2.62 bits per heavy atom. The summed E-state index contributed by atoms with van der Waals surface area (Å²) in [6.45, 7) is 7.44. The molecule has 1 aromatic rings. The molecule has 21 heavy (non-hydrogen) atoms. The van der Waals surface area contributed by atoms with E-state index in [1.54, 1.807) is 0 Å². The van der Waals surface area contributed by atoms with Crippen LogP contribution in [0.2, 0.25) is 5.02 Å². The smallest absolute Gasteiger partial charge is 0.229 e. The van der Waals surface area contributed by atoms with Crippen molar-refractivity contribution in [3.05, 3.63) is 34.9 Å². The lowest BCUT2D eigenvalue weighted by Crippen LogP contribution is -2.48. The maximum absolute atomic E-state index is 13.0. The van der Waals surface area contributed by atoms with Gasteiger partial charge in [0.25, 0.3) is 0 Å². The summed E-state index contributed by atoms with van der Waals surface area (Å²) in [4.78, 5) is 15.0. The number of carbonyl (C=O) groups is 1. The fourth-order valence-corrected chi connectivity index (χ4v) is 3.36. The summed E-state index contributed by atoms with van der Waals surface area (Å²) in [7, 11) is 0. The molecule has 1 aliphatic heterocycles. The van der Waals surface area contributed by atoms with Crippen LogP contribution in [-0.4, -0.2) is 30.4 Å². The summed E-state index contributed by atoms with van der Waals surface area (Å²) in [5, 5.41) is 4.08. The number of nitrogens with one attached hydrogen (secondary N) is 1. The molecule has 116 valence electrons. The van der Waals surface area contributed by atoms with Crippen LogP contribution < -0.4 is 5.32 Å². The molecule has 0 unspecified atom stereocenters. The van der Waals surface area contributed by atoms with Crippen LogP contribution in [0, 0.1) is 5.41 Å². The van der Waals surface area contributed by atoms with Crippen molar-refractivity contribution in [1.82, 2.24) is 10.2 Å². The summed E-state index contributed by atoms with van der Waals surface area (Å²) in [6.07, 6.45) is 2.79. The minimum atomic E-state index is -0.181. The van der Waals surface area contributed by atoms with E-state index in [1.807, 2.05) is 36.1 Å². The zero-order chi connectivity index (χ0) is 15.3. The van der Waals surface area contributed by atoms with Crippen molar-refractivity contribution in [2.75, 3.05) is 19.6 Å². The van der Waals surface area contributed by atoms with Gasteiger partial charge in [0.15, 0.2) is 0 Å². The van der Waals surface area contributed by atoms with E-state index >= 15 is 0 Å². The third-order valence-electron chi connectivity index (χ3n) is 4.62. The Hall–Kier alpha value is -1.06. The van der Waals surface area contributed by atoms with E-state index in [1.165, 1.54) is 0 Å². The third kappa shape index (κ3) is 3.78. The maximum Gasteiger partial charge on any atom is 0.229 e. The van der Waals surface area contributed by atoms with Crippen LogP contribution in [0.25, 0.3) is 0 Å². The monoisotopic (exact) mass is 308 g/mol. The minimum Gasteiger partial charge on any atom is -0.338 e. The quantitative estimate of drug-likeness (QED) is 0.903. The molecule has 0 bridgehead atoms. The average Bonchev–Trinajstić information content (AvgIpc) is 2.52. The highest BCUT2D eigenvalue weighted by Crippen LogP contribution is 2.35. The van der Waals surface area contributed by atoms with Crippen LogP contribution in [0.3, 0.4) is 0 Å². The Morgan fingerprint density at radius 2 is 2.05 bits per heavy atom. The van der Waals surface area contributed by atoms with Gasteiger partial charge in [-0.05, 0) is 57.0 Å². The summed E-state index contributed by atoms with van der Waals surface area (Å²) in [5.74, 6) is 0.300. The van der Waals surface area contributed by atoms with E-state index < -0.39 is 0 Å². The van der Waals surface area contributed by atoms with Crippen molar-refractivity contribution in [3.63, 3.8) is 0 Å². The first-order valence-corrected chi connectivity index (χ1v) is 8.23. The molecule has 0 aliphatic carbocycles. The summed E-state index contributed by atoms with van der Waals surface area (Å²) in [5.41, 5.74) is 0.915. The lowest BCUT2D eigenvalue weighted by molar-refractivity contribution is -0.144. The third-order valence-corrected chi connectivity index (χ3v) is 4.86. The fourth-order valence-electron chi connectivity index (χ4n) is 3.14. The first-order chi connectivity index (χ1) is 10.1. The highest BCUT2D eigenvalue weighted by molar-refractivity contribution is 6.30. The Labute approximate surface area is 132 Å². The molecule has 0 atom stereocenters. The number of benzene rings is 1. The number of halogens is 1. The number of carbonyl (C=O) groups excluding carboxylic acids is 1. The van der Waals surface area contributed by atoms with E-state index in [2.05, 4.69) is 12.2 Å². The number of hydrogen-bond donors (Lipinski definition) is 1. The molecule has 0 radical (unpaired) electrons. The molecule has 1 aliphatic rings. The maximum atomic E-state index is 13.0. The molecule has 1 heterocycles. The second kappa shape index (κ2) is 7.28. The van der Waals surface area contributed by atoms with Gasteiger partial charge in [-0.25, -0.2) is 0 Å². The van der Waals surface area contributed by atoms with Gasteiger partial charge in [0.1, 0.15) is 0 Å². The van der Waals surface area contributed by atoms with Crippen molar-refractivity contribution in [2.24, 2.45) is 5.41 Å². The first-order valence-electron chi connectivity index (χ1n) is 7.86. The topological polar surface area (TPSA) is 32.3 Å². The predicted molar refractivity (Wildman–Crippen MR) is 87.4 cm³/mol. The molecule has 1 saturated heterocycles. The number of rotatable bonds is 5. The van der Waals surface area contributed by atoms with E-state index in [0.29, 0.717) is 12.5 Å². The Balaban J connectivity index is 2.14. The molecule has 3 nitrogen and oxygen atoms in total. The molecule has 1 amide bonds. The van der Waals surface area contributed by atoms with E-state index in [0.717, 1.165) is 49.5 Å². The van der Waals surface area contributed by atoms with Gasteiger partial charge in [0.05, 0.1) is 5.41 Å². The van der Waals surface area contributed by atoms with Gasteiger partial charge < -0.3 is 10.2 Å². The van der Waals surface area contributed by atoms with Gasteiger partial charge in [0.2, 0.25) is 5.91 Å². The number of nitrogens with zero attached hydrogens (tertiary/aromatic N) is 1. The SMILES string of the molecule is CCN(Cc1cccc(Cl)c1)C(=O)C1(CC)CCNCC1. The van der Waals surface area contributed by atoms with Crippen molar-refractivity contribution in [1.29, 1.82) is 0 Å². The standard InChI is InChI=1S/C17H25ClN2O/c1-3-17(8-10-19-11-9-17)16(21)20(4-2)13-14-6-5-7-15(18)12-14/h5-7,12,19H,3-4,8-11,13H2,1-2H3. The van der Waals surface area contributed by atoms with Gasteiger partial charge in [-0.2, -0.15) is 0 Å². The first kappa shape index (κ1) is 16.3. The molecule has 2 rings (SSSR count). The van der Waals surface area contributed by atoms with Crippen LogP contribution >= 0.6 is 11.6 Å². The Kier molecular flexibility index (Phi) is 5.65. The van der Waals surface area contributed by atoms with Crippen LogP contribution in [-0.2, 0) is 11.3 Å². The van der Waals surface area contributed by atoms with Crippen molar-refractivity contribution in [2.45, 2.75) is 39.7 Å². The Bertz CT molecular complexity index is 483. The second-order valence-electron chi connectivity index (χ2n) is 5.83. The van der Waals surface area contributed by atoms with Crippen LogP contribution in [0.1, 0.15) is 38.7 Å². The van der Waals surface area contributed by atoms with E-state index in [-0.39, 0.29) is 5.41 Å². The average molecular weight is 309 g/mol. The molecule has 0 spiro atoms. The largest absolute Gasteiger partial charge is 0.338 e. The van der Waals surface area contributed by atoms with Crippen LogP contribution in [0.15, 0.2) is 24.3 Å². The zero-order valence-electron chi connectivity index (χ0n) is 13.0. The van der Waals surface area contributed by atoms with Gasteiger partial charge in [-0.3, -0.25) is 4.79 Å². The fraction of sp³-hybridized carbons (Fsp3) is 0.588. The molecule has 4 heteroatoms. The molecular weight excluding hydrogens is 284 g/mol. The van der Waals surface area contributed by atoms with Crippen LogP contribution in [0.5, 0.6) is 0 Å². The summed E-state index contributed by atoms with van der Waals surface area (Å²) in [6, 6.07) is 7.78. The summed E-state index contributed by atoms with van der Waals surface area (Å²) < 4.78 is 0. The highest BCUT2D eigenvalue weighted by atomic mass is 35.5. The van der Waals surface area contributed by atoms with Gasteiger partial charge in [-0.15, -0.1) is 0 Å². The van der Waals surface area contributed by atoms with Gasteiger partial charge >= 0.3 is 0 Å². The van der Waals surface area contributed by atoms with Gasteiger partial charge in [0, 0.05) is 18.1 Å². The number of amides is 1. The zero-order valence-corrected chi connectivity index (χ0v) is 13.7. The summed E-state index contributed by atoms with van der Waals surface area (Å²) >= 11 is 6.04. The molecular formula is C17H25ClN2O. The van der Waals surface area contributed by atoms with Gasteiger partial charge in [-0.1, -0.05) is 30.7 Å². The van der Waals surface area contributed by atoms with E-state index in [4.69, 9.17) is 11.6 Å². The number of hydrogen-bond acceptors (Lipinski definition) is 2. The lowest BCUT2D eigenvalue weighted by Gasteiger charge is -2.39. The Morgan fingerprint density at radius 1 is 1.33 bits per heavy atom. The second-order valence-corrected chi connectivity index (χ2v) is 6.27. The van der Waals surface area contributed by atoms with Crippen molar-refractivity contribution in [3.8, 4) is 0 Å². The predicted octanol–water partition coefficient (Wildman–Crippen LogP) is 3.47. The lowest BCUT2D eigenvalue weighted by atomic mass is 9.75. The van der Waals surface area contributed by atoms with E-state index in [9.17, 15) is 4.79 Å². The minimum absolute atomic E-state index is 0.181. The number of piperidine rings is 1.